The summed E-state index contributed by atoms with van der Waals surface area (Å²) in [4.78, 5) is 15.3. The van der Waals surface area contributed by atoms with Gasteiger partial charge in [-0.2, -0.15) is 0 Å². The van der Waals surface area contributed by atoms with E-state index in [0.717, 1.165) is 25.1 Å². The van der Waals surface area contributed by atoms with Crippen molar-refractivity contribution < 1.29 is 4.79 Å². The van der Waals surface area contributed by atoms with Gasteiger partial charge in [-0.05, 0) is 35.9 Å². The number of anilines is 1. The lowest BCUT2D eigenvalue weighted by Gasteiger charge is -2.29. The lowest BCUT2D eigenvalue weighted by molar-refractivity contribution is 0.245. The second-order valence-corrected chi connectivity index (χ2v) is 5.65. The number of nitrogens with one attached hydrogen (secondary N) is 1. The van der Waals surface area contributed by atoms with E-state index in [0.29, 0.717) is 6.54 Å². The maximum Gasteiger partial charge on any atom is 0.322 e. The van der Waals surface area contributed by atoms with E-state index < -0.39 is 0 Å². The fraction of sp³-hybridized carbons (Fsp3) is 0.267. The third-order valence-electron chi connectivity index (χ3n) is 3.35. The molecule has 0 atom stereocenters. The van der Waals surface area contributed by atoms with Gasteiger partial charge in [0, 0.05) is 17.1 Å². The van der Waals surface area contributed by atoms with Crippen molar-refractivity contribution in [3.8, 4) is 0 Å². The molecule has 1 N–H and O–H groups in total. The number of amides is 2. The highest BCUT2D eigenvalue weighted by atomic mass is 32.1. The summed E-state index contributed by atoms with van der Waals surface area (Å²) >= 11 is 1.66. The number of rotatable bonds is 2. The van der Waals surface area contributed by atoms with Gasteiger partial charge in [-0.3, -0.25) is 4.90 Å². The smallest absolute Gasteiger partial charge is 0.322 e. The highest BCUT2D eigenvalue weighted by molar-refractivity contribution is 7.09. The predicted molar refractivity (Wildman–Crippen MR) is 78.7 cm³/mol. The molecule has 3 rings (SSSR count). The molecule has 0 radical (unpaired) electrons. The molecule has 0 aliphatic carbocycles. The molecular weight excluding hydrogens is 256 g/mol. The molecular formula is C15H16N2OS. The molecule has 0 saturated heterocycles. The molecule has 2 heterocycles. The van der Waals surface area contributed by atoms with Gasteiger partial charge in [0.15, 0.2) is 0 Å². The van der Waals surface area contributed by atoms with Gasteiger partial charge in [-0.25, -0.2) is 4.79 Å². The first-order valence-electron chi connectivity index (χ1n) is 6.50. The average Bonchev–Trinajstić information content (AvgIpc) is 2.97. The van der Waals surface area contributed by atoms with Crippen molar-refractivity contribution in [3.05, 3.63) is 52.2 Å². The zero-order chi connectivity index (χ0) is 13.1. The van der Waals surface area contributed by atoms with Gasteiger partial charge in [-0.15, -0.1) is 11.3 Å². The van der Waals surface area contributed by atoms with Crippen LogP contribution in [0.5, 0.6) is 0 Å². The topological polar surface area (TPSA) is 32.3 Å². The van der Waals surface area contributed by atoms with Crippen molar-refractivity contribution in [1.29, 1.82) is 0 Å². The van der Waals surface area contributed by atoms with Crippen LogP contribution < -0.4 is 10.2 Å². The molecule has 0 saturated carbocycles. The first kappa shape index (κ1) is 12.2. The Morgan fingerprint density at radius 2 is 2.16 bits per heavy atom. The maximum absolute atomic E-state index is 12.3. The van der Waals surface area contributed by atoms with E-state index >= 15 is 0 Å². The zero-order valence-electron chi connectivity index (χ0n) is 10.6. The summed E-state index contributed by atoms with van der Waals surface area (Å²) < 4.78 is 0. The Kier molecular flexibility index (Phi) is 3.51. The Balaban J connectivity index is 1.71. The van der Waals surface area contributed by atoms with E-state index in [2.05, 4.69) is 11.4 Å². The first-order chi connectivity index (χ1) is 9.34. The molecule has 1 aromatic carbocycles. The number of nitrogens with zero attached hydrogens (tertiary/aromatic N) is 1. The van der Waals surface area contributed by atoms with Gasteiger partial charge in [0.05, 0.1) is 6.54 Å². The van der Waals surface area contributed by atoms with Crippen LogP contribution >= 0.6 is 11.3 Å². The number of hydrogen-bond donors (Lipinski definition) is 1. The quantitative estimate of drug-likeness (QED) is 0.892. The number of aryl methyl sites for hydroxylation is 1. The highest BCUT2D eigenvalue weighted by Gasteiger charge is 2.21. The van der Waals surface area contributed by atoms with Crippen molar-refractivity contribution in [2.45, 2.75) is 19.4 Å². The normalized spacial score (nSPS) is 14.0. The maximum atomic E-state index is 12.3. The Morgan fingerprint density at radius 3 is 3.00 bits per heavy atom. The summed E-state index contributed by atoms with van der Waals surface area (Å²) in [7, 11) is 0. The van der Waals surface area contributed by atoms with Crippen LogP contribution in [0.4, 0.5) is 10.5 Å². The van der Waals surface area contributed by atoms with Gasteiger partial charge in [0.2, 0.25) is 0 Å². The van der Waals surface area contributed by atoms with Crippen LogP contribution in [0.2, 0.25) is 0 Å². The Bertz CT molecular complexity index is 565. The van der Waals surface area contributed by atoms with Crippen LogP contribution in [-0.2, 0) is 13.0 Å². The summed E-state index contributed by atoms with van der Waals surface area (Å²) in [5.41, 5.74) is 2.32. The second-order valence-electron chi connectivity index (χ2n) is 4.62. The minimum absolute atomic E-state index is 0.000509. The molecule has 1 aliphatic rings. The van der Waals surface area contributed by atoms with Crippen molar-refractivity contribution >= 4 is 23.1 Å². The number of hydrogen-bond acceptors (Lipinski definition) is 2. The minimum atomic E-state index is 0.000509. The number of benzene rings is 1. The molecule has 1 aliphatic heterocycles. The van der Waals surface area contributed by atoms with Gasteiger partial charge >= 0.3 is 6.03 Å². The molecule has 2 amide bonds. The van der Waals surface area contributed by atoms with E-state index in [4.69, 9.17) is 0 Å². The van der Waals surface area contributed by atoms with Crippen LogP contribution in [-0.4, -0.2) is 12.6 Å². The fourth-order valence-corrected chi connectivity index (χ4v) is 3.06. The first-order valence-corrected chi connectivity index (χ1v) is 7.38. The molecule has 0 bridgehead atoms. The molecule has 2 aromatic rings. The highest BCUT2D eigenvalue weighted by Crippen LogP contribution is 2.26. The standard InChI is InChI=1S/C15H16N2OS/c18-15(16-11-13-7-4-10-19-13)17-9-3-6-12-5-1-2-8-14(12)17/h1-2,4-5,7-8,10H,3,6,9,11H2,(H,16,18). The molecule has 4 heteroatoms. The Labute approximate surface area is 116 Å². The average molecular weight is 272 g/mol. The number of urea groups is 1. The van der Waals surface area contributed by atoms with Crippen molar-refractivity contribution in [2.24, 2.45) is 0 Å². The van der Waals surface area contributed by atoms with Gasteiger partial charge < -0.3 is 5.32 Å². The van der Waals surface area contributed by atoms with Gasteiger partial charge in [0.25, 0.3) is 0 Å². The van der Waals surface area contributed by atoms with Gasteiger partial charge in [0.1, 0.15) is 0 Å². The molecule has 0 unspecified atom stereocenters. The monoisotopic (exact) mass is 272 g/mol. The lowest BCUT2D eigenvalue weighted by Crippen LogP contribution is -2.42. The van der Waals surface area contributed by atoms with Crippen LogP contribution in [0, 0.1) is 0 Å². The van der Waals surface area contributed by atoms with Crippen LogP contribution in [0.25, 0.3) is 0 Å². The second kappa shape index (κ2) is 5.45. The SMILES string of the molecule is O=C(NCc1cccs1)N1CCCc2ccccc21. The van der Waals surface area contributed by atoms with Gasteiger partial charge in [-0.1, -0.05) is 24.3 Å². The fourth-order valence-electron chi connectivity index (χ4n) is 2.42. The largest absolute Gasteiger partial charge is 0.333 e. The van der Waals surface area contributed by atoms with E-state index in [9.17, 15) is 4.79 Å². The summed E-state index contributed by atoms with van der Waals surface area (Å²) in [6.45, 7) is 1.41. The summed E-state index contributed by atoms with van der Waals surface area (Å²) in [5.74, 6) is 0. The molecule has 3 nitrogen and oxygen atoms in total. The third-order valence-corrected chi connectivity index (χ3v) is 4.23. The lowest BCUT2D eigenvalue weighted by atomic mass is 10.0. The number of carbonyl (C=O) groups excluding carboxylic acids is 1. The number of fused-ring (bicyclic) bond motifs is 1. The minimum Gasteiger partial charge on any atom is -0.333 e. The number of carbonyl (C=O) groups is 1. The molecule has 0 fully saturated rings. The van der Waals surface area contributed by atoms with E-state index in [1.165, 1.54) is 10.4 Å². The van der Waals surface area contributed by atoms with Crippen LogP contribution in [0.3, 0.4) is 0 Å². The Morgan fingerprint density at radius 1 is 1.26 bits per heavy atom. The van der Waals surface area contributed by atoms with Crippen LogP contribution in [0.1, 0.15) is 16.9 Å². The summed E-state index contributed by atoms with van der Waals surface area (Å²) in [6.07, 6.45) is 2.09. The van der Waals surface area contributed by atoms with E-state index in [1.54, 1.807) is 11.3 Å². The molecule has 0 spiro atoms. The predicted octanol–water partition coefficient (Wildman–Crippen LogP) is 3.41. The molecule has 19 heavy (non-hydrogen) atoms. The number of para-hydroxylation sites is 1. The summed E-state index contributed by atoms with van der Waals surface area (Å²) in [6, 6.07) is 12.2. The third kappa shape index (κ3) is 2.63. The van der Waals surface area contributed by atoms with E-state index in [-0.39, 0.29) is 6.03 Å². The van der Waals surface area contributed by atoms with Crippen molar-refractivity contribution in [2.75, 3.05) is 11.4 Å². The Hall–Kier alpha value is -1.81. The summed E-state index contributed by atoms with van der Waals surface area (Å²) in [5, 5.41) is 5.02. The van der Waals surface area contributed by atoms with E-state index in [1.807, 2.05) is 40.6 Å². The molecule has 98 valence electrons. The number of thiophene rings is 1. The molecule has 1 aromatic heterocycles. The van der Waals surface area contributed by atoms with Crippen molar-refractivity contribution in [1.82, 2.24) is 5.32 Å². The van der Waals surface area contributed by atoms with Crippen LogP contribution in [0.15, 0.2) is 41.8 Å². The zero-order valence-corrected chi connectivity index (χ0v) is 11.5. The van der Waals surface area contributed by atoms with Crippen molar-refractivity contribution in [3.63, 3.8) is 0 Å².